The van der Waals surface area contributed by atoms with Gasteiger partial charge in [0.05, 0.1) is 12.3 Å². The molecule has 1 rings (SSSR count). The third-order valence-electron chi connectivity index (χ3n) is 2.38. The highest BCUT2D eigenvalue weighted by atomic mass is 16.8. The zero-order valence-electron chi connectivity index (χ0n) is 10.1. The molecule has 0 heterocycles. The van der Waals surface area contributed by atoms with Crippen LogP contribution in [0.1, 0.15) is 25.3 Å². The first-order valence-corrected chi connectivity index (χ1v) is 5.41. The second-order valence-corrected chi connectivity index (χ2v) is 3.63. The number of hydrogen-bond acceptors (Lipinski definition) is 6. The molecule has 18 heavy (non-hydrogen) atoms. The van der Waals surface area contributed by atoms with Crippen molar-refractivity contribution in [2.24, 2.45) is 0 Å². The SMILES string of the molecule is CCOC(=O)[C@H](C(C)=O)c1ccccc1N([O-])O. The number of hydrogen-bond donors (Lipinski definition) is 1. The van der Waals surface area contributed by atoms with Crippen molar-refractivity contribution in [1.29, 1.82) is 0 Å². The Morgan fingerprint density at radius 3 is 2.56 bits per heavy atom. The van der Waals surface area contributed by atoms with Gasteiger partial charge >= 0.3 is 5.97 Å². The zero-order valence-corrected chi connectivity index (χ0v) is 10.1. The van der Waals surface area contributed by atoms with E-state index in [1.54, 1.807) is 13.0 Å². The van der Waals surface area contributed by atoms with Gasteiger partial charge in [0.2, 0.25) is 0 Å². The van der Waals surface area contributed by atoms with Crippen LogP contribution in [0.2, 0.25) is 0 Å². The molecule has 0 fully saturated rings. The Balaban J connectivity index is 3.22. The average molecular weight is 252 g/mol. The first-order valence-electron chi connectivity index (χ1n) is 5.41. The Morgan fingerprint density at radius 2 is 2.06 bits per heavy atom. The van der Waals surface area contributed by atoms with E-state index in [1.807, 2.05) is 0 Å². The summed E-state index contributed by atoms with van der Waals surface area (Å²) in [6, 6.07) is 5.83. The maximum Gasteiger partial charge on any atom is 0.321 e. The zero-order chi connectivity index (χ0) is 13.7. The highest BCUT2D eigenvalue weighted by Crippen LogP contribution is 2.28. The van der Waals surface area contributed by atoms with Gasteiger partial charge in [-0.3, -0.25) is 14.8 Å². The molecule has 0 spiro atoms. The summed E-state index contributed by atoms with van der Waals surface area (Å²) in [5, 5.41) is 19.6. The van der Waals surface area contributed by atoms with Crippen LogP contribution in [0.4, 0.5) is 5.69 Å². The van der Waals surface area contributed by atoms with Gasteiger partial charge in [-0.25, -0.2) is 0 Å². The second-order valence-electron chi connectivity index (χ2n) is 3.63. The quantitative estimate of drug-likeness (QED) is 0.486. The summed E-state index contributed by atoms with van der Waals surface area (Å²) >= 11 is 0. The van der Waals surface area contributed by atoms with Gasteiger partial charge in [0, 0.05) is 0 Å². The number of anilines is 1. The summed E-state index contributed by atoms with van der Waals surface area (Å²) in [7, 11) is 0. The predicted molar refractivity (Wildman–Crippen MR) is 64.1 cm³/mol. The van der Waals surface area contributed by atoms with Crippen molar-refractivity contribution >= 4 is 17.4 Å². The number of rotatable bonds is 5. The summed E-state index contributed by atoms with van der Waals surface area (Å²) in [4.78, 5) is 23.2. The van der Waals surface area contributed by atoms with Crippen LogP contribution in [0.25, 0.3) is 0 Å². The molecule has 0 aliphatic carbocycles. The molecule has 1 aromatic rings. The monoisotopic (exact) mass is 252 g/mol. The lowest BCUT2D eigenvalue weighted by atomic mass is 9.94. The topological polar surface area (TPSA) is 89.9 Å². The molecule has 0 amide bonds. The van der Waals surface area contributed by atoms with Crippen LogP contribution in [0, 0.1) is 5.21 Å². The number of ether oxygens (including phenoxy) is 1. The number of benzene rings is 1. The molecule has 1 aromatic carbocycles. The molecule has 0 bridgehead atoms. The van der Waals surface area contributed by atoms with Gasteiger partial charge in [-0.05, 0) is 25.5 Å². The summed E-state index contributed by atoms with van der Waals surface area (Å²) < 4.78 is 4.79. The maximum atomic E-state index is 11.7. The Kier molecular flexibility index (Phi) is 4.82. The molecule has 0 aromatic heterocycles. The van der Waals surface area contributed by atoms with E-state index in [-0.39, 0.29) is 23.1 Å². The second kappa shape index (κ2) is 6.13. The van der Waals surface area contributed by atoms with Crippen molar-refractivity contribution in [2.75, 3.05) is 11.8 Å². The molecule has 6 nitrogen and oxygen atoms in total. The number of carbonyl (C=O) groups excluding carboxylic acids is 2. The molecular weight excluding hydrogens is 238 g/mol. The largest absolute Gasteiger partial charge is 0.733 e. The predicted octanol–water partition coefficient (Wildman–Crippen LogP) is 1.62. The molecular formula is C12H14NO5-. The third kappa shape index (κ3) is 3.06. The van der Waals surface area contributed by atoms with Gasteiger partial charge in [0.25, 0.3) is 0 Å². The smallest absolute Gasteiger partial charge is 0.321 e. The van der Waals surface area contributed by atoms with Crippen LogP contribution in [-0.4, -0.2) is 23.6 Å². The van der Waals surface area contributed by atoms with Crippen molar-refractivity contribution in [3.8, 4) is 0 Å². The summed E-state index contributed by atoms with van der Waals surface area (Å²) in [5.74, 6) is -2.40. The molecule has 0 aliphatic rings. The molecule has 1 atom stereocenters. The van der Waals surface area contributed by atoms with Crippen LogP contribution in [0.15, 0.2) is 24.3 Å². The highest BCUT2D eigenvalue weighted by Gasteiger charge is 2.29. The van der Waals surface area contributed by atoms with E-state index < -0.39 is 17.7 Å². The lowest BCUT2D eigenvalue weighted by Gasteiger charge is -2.26. The van der Waals surface area contributed by atoms with E-state index in [0.29, 0.717) is 0 Å². The van der Waals surface area contributed by atoms with Crippen LogP contribution in [-0.2, 0) is 14.3 Å². The Bertz CT molecular complexity index is 444. The number of ketones is 1. The fourth-order valence-electron chi connectivity index (χ4n) is 1.64. The molecule has 0 saturated carbocycles. The van der Waals surface area contributed by atoms with Crippen molar-refractivity contribution in [1.82, 2.24) is 0 Å². The number of esters is 1. The van der Waals surface area contributed by atoms with E-state index in [2.05, 4.69) is 0 Å². The number of Topliss-reactive ketones (excluding diaryl/α,β-unsaturated/α-hetero) is 1. The number of carbonyl (C=O) groups is 2. The fourth-order valence-corrected chi connectivity index (χ4v) is 1.64. The van der Waals surface area contributed by atoms with E-state index in [0.717, 1.165) is 0 Å². The van der Waals surface area contributed by atoms with Crippen LogP contribution >= 0.6 is 0 Å². The Labute approximate surface area is 104 Å². The molecule has 1 N–H and O–H groups in total. The lowest BCUT2D eigenvalue weighted by molar-refractivity contribution is -0.147. The van der Waals surface area contributed by atoms with Gasteiger partial charge < -0.3 is 15.2 Å². The molecule has 0 aliphatic heterocycles. The number of nitrogens with zero attached hydrogens (tertiary/aromatic N) is 1. The minimum absolute atomic E-state index is 0.126. The third-order valence-corrected chi connectivity index (χ3v) is 2.38. The van der Waals surface area contributed by atoms with Gasteiger partial charge in [0.15, 0.2) is 0 Å². The first-order chi connectivity index (χ1) is 8.49. The average Bonchev–Trinajstić information content (AvgIpc) is 2.29. The molecule has 98 valence electrons. The fraction of sp³-hybridized carbons (Fsp3) is 0.333. The number of para-hydroxylation sites is 1. The van der Waals surface area contributed by atoms with E-state index >= 15 is 0 Å². The first kappa shape index (κ1) is 14.1. The van der Waals surface area contributed by atoms with E-state index in [1.165, 1.54) is 25.1 Å². The van der Waals surface area contributed by atoms with Crippen molar-refractivity contribution in [2.45, 2.75) is 19.8 Å². The highest BCUT2D eigenvalue weighted by molar-refractivity contribution is 6.04. The lowest BCUT2D eigenvalue weighted by Crippen LogP contribution is -2.24. The van der Waals surface area contributed by atoms with Gasteiger partial charge in [-0.1, -0.05) is 18.2 Å². The summed E-state index contributed by atoms with van der Waals surface area (Å²) in [6.07, 6.45) is 0. The molecule has 0 radical (unpaired) electrons. The normalized spacial score (nSPS) is 11.8. The van der Waals surface area contributed by atoms with Crippen LogP contribution in [0.3, 0.4) is 0 Å². The maximum absolute atomic E-state index is 11.7. The summed E-state index contributed by atoms with van der Waals surface area (Å²) in [5.41, 5.74) is -0.0216. The van der Waals surface area contributed by atoms with Crippen LogP contribution < -0.4 is 5.23 Å². The Hall–Kier alpha value is -1.92. The Morgan fingerprint density at radius 1 is 1.44 bits per heavy atom. The van der Waals surface area contributed by atoms with E-state index in [4.69, 9.17) is 9.94 Å². The van der Waals surface area contributed by atoms with Crippen molar-refractivity contribution in [3.63, 3.8) is 0 Å². The van der Waals surface area contributed by atoms with Gasteiger partial charge in [0.1, 0.15) is 11.7 Å². The molecule has 0 unspecified atom stereocenters. The van der Waals surface area contributed by atoms with E-state index in [9.17, 15) is 14.8 Å². The van der Waals surface area contributed by atoms with Gasteiger partial charge in [-0.15, -0.1) is 0 Å². The van der Waals surface area contributed by atoms with Crippen LogP contribution in [0.5, 0.6) is 0 Å². The molecule has 6 heteroatoms. The minimum Gasteiger partial charge on any atom is -0.733 e. The minimum atomic E-state index is -1.20. The summed E-state index contributed by atoms with van der Waals surface area (Å²) in [6.45, 7) is 2.98. The molecule has 0 saturated heterocycles. The van der Waals surface area contributed by atoms with Crippen molar-refractivity contribution < 1.29 is 19.5 Å². The standard InChI is InChI=1S/C12H14NO5/c1-3-18-12(15)11(8(2)14)9-6-4-5-7-10(9)13(16)17/h4-7,11,16H,3H2,1-2H3/q-1/t11-/m1/s1. The van der Waals surface area contributed by atoms with Gasteiger partial charge in [-0.2, -0.15) is 0 Å². The van der Waals surface area contributed by atoms with Crippen molar-refractivity contribution in [3.05, 3.63) is 35.0 Å².